The van der Waals surface area contributed by atoms with Crippen LogP contribution in [0.15, 0.2) is 0 Å². The number of nitrogens with zero attached hydrogens (tertiary/aromatic N) is 3. The Bertz CT molecular complexity index is 783. The summed E-state index contributed by atoms with van der Waals surface area (Å²) in [5.74, 6) is 3.12. The first-order chi connectivity index (χ1) is 11.7. The van der Waals surface area contributed by atoms with Gasteiger partial charge in [-0.3, -0.25) is 0 Å². The maximum absolute atomic E-state index is 10.4. The maximum Gasteiger partial charge on any atom is 0.141 e. The zero-order valence-electron chi connectivity index (χ0n) is 14.3. The molecule has 0 radical (unpaired) electrons. The third-order valence-electron chi connectivity index (χ3n) is 5.97. The van der Waals surface area contributed by atoms with Crippen molar-refractivity contribution in [3.63, 3.8) is 0 Å². The Morgan fingerprint density at radius 2 is 1.96 bits per heavy atom. The molecule has 24 heavy (non-hydrogen) atoms. The van der Waals surface area contributed by atoms with E-state index in [0.717, 1.165) is 24.6 Å². The topological polar surface area (TPSA) is 49.2 Å². The number of anilines is 1. The van der Waals surface area contributed by atoms with Crippen LogP contribution in [0.1, 0.15) is 61.2 Å². The van der Waals surface area contributed by atoms with E-state index in [0.29, 0.717) is 18.4 Å². The number of aliphatic hydroxyl groups excluding tert-OH is 1. The van der Waals surface area contributed by atoms with Gasteiger partial charge in [0.15, 0.2) is 0 Å². The molecule has 5 heteroatoms. The summed E-state index contributed by atoms with van der Waals surface area (Å²) in [7, 11) is 0. The number of thiophene rings is 1. The van der Waals surface area contributed by atoms with Crippen molar-refractivity contribution in [1.82, 2.24) is 9.97 Å². The van der Waals surface area contributed by atoms with Crippen molar-refractivity contribution in [3.8, 4) is 0 Å². The van der Waals surface area contributed by atoms with Crippen molar-refractivity contribution in [2.24, 2.45) is 5.92 Å². The van der Waals surface area contributed by atoms with Crippen molar-refractivity contribution in [2.45, 2.75) is 63.9 Å². The van der Waals surface area contributed by atoms with Crippen LogP contribution in [-0.4, -0.2) is 34.3 Å². The number of rotatable bonds is 2. The quantitative estimate of drug-likeness (QED) is 0.904. The van der Waals surface area contributed by atoms with E-state index < -0.39 is 0 Å². The number of fused-ring (bicyclic) bond motifs is 3. The van der Waals surface area contributed by atoms with Crippen LogP contribution >= 0.6 is 11.3 Å². The molecule has 1 saturated carbocycles. The number of aliphatic hydroxyl groups is 1. The first kappa shape index (κ1) is 15.1. The average molecular weight is 343 g/mol. The van der Waals surface area contributed by atoms with Crippen molar-refractivity contribution >= 4 is 27.4 Å². The molecule has 2 aromatic heterocycles. The molecule has 2 fully saturated rings. The molecule has 128 valence electrons. The number of aromatic nitrogens is 2. The van der Waals surface area contributed by atoms with Crippen molar-refractivity contribution in [2.75, 3.05) is 18.0 Å². The molecule has 2 aromatic rings. The van der Waals surface area contributed by atoms with Crippen LogP contribution in [0, 0.1) is 5.92 Å². The van der Waals surface area contributed by atoms with E-state index in [1.54, 1.807) is 0 Å². The number of aryl methyl sites for hydroxylation is 2. The van der Waals surface area contributed by atoms with E-state index in [9.17, 15) is 5.11 Å². The predicted molar refractivity (Wildman–Crippen MR) is 98.0 cm³/mol. The van der Waals surface area contributed by atoms with Gasteiger partial charge in [-0.15, -0.1) is 11.3 Å². The van der Waals surface area contributed by atoms with Gasteiger partial charge in [0.25, 0.3) is 0 Å². The van der Waals surface area contributed by atoms with E-state index in [2.05, 4.69) is 11.8 Å². The Balaban J connectivity index is 1.65. The molecule has 0 amide bonds. The molecular formula is C19H25N3OS. The summed E-state index contributed by atoms with van der Waals surface area (Å²) in [6, 6.07) is 0. The predicted octanol–water partition coefficient (Wildman–Crippen LogP) is 3.65. The SMILES string of the molecule is CC1CCN(c2nc(C3CC3)nc3sc4c(c23)CCCC4)CC1O. The maximum atomic E-state index is 10.4. The molecule has 2 unspecified atom stereocenters. The molecule has 1 aliphatic heterocycles. The van der Waals surface area contributed by atoms with E-state index in [1.807, 2.05) is 11.3 Å². The first-order valence-corrected chi connectivity index (χ1v) is 10.3. The third kappa shape index (κ3) is 2.44. The highest BCUT2D eigenvalue weighted by atomic mass is 32.1. The van der Waals surface area contributed by atoms with Gasteiger partial charge in [-0.05, 0) is 56.4 Å². The molecule has 0 spiro atoms. The van der Waals surface area contributed by atoms with Gasteiger partial charge in [-0.25, -0.2) is 9.97 Å². The van der Waals surface area contributed by atoms with Gasteiger partial charge >= 0.3 is 0 Å². The molecule has 3 heterocycles. The summed E-state index contributed by atoms with van der Waals surface area (Å²) in [6.45, 7) is 3.86. The molecular weight excluding hydrogens is 318 g/mol. The lowest BCUT2D eigenvalue weighted by atomic mass is 9.94. The zero-order valence-corrected chi connectivity index (χ0v) is 15.1. The molecule has 4 nitrogen and oxygen atoms in total. The van der Waals surface area contributed by atoms with Crippen LogP contribution < -0.4 is 4.90 Å². The minimum absolute atomic E-state index is 0.248. The Morgan fingerprint density at radius 3 is 2.75 bits per heavy atom. The fourth-order valence-corrected chi connectivity index (χ4v) is 5.41. The molecule has 0 bridgehead atoms. The molecule has 1 N–H and O–H groups in total. The van der Waals surface area contributed by atoms with Crippen LogP contribution in [0.2, 0.25) is 0 Å². The highest BCUT2D eigenvalue weighted by Crippen LogP contribution is 2.44. The Kier molecular flexibility index (Phi) is 3.56. The van der Waals surface area contributed by atoms with E-state index in [1.165, 1.54) is 59.2 Å². The summed E-state index contributed by atoms with van der Waals surface area (Å²) in [5.41, 5.74) is 1.51. The monoisotopic (exact) mass is 343 g/mol. The van der Waals surface area contributed by atoms with Crippen LogP contribution in [0.3, 0.4) is 0 Å². The van der Waals surface area contributed by atoms with Gasteiger partial charge in [0.1, 0.15) is 16.5 Å². The Morgan fingerprint density at radius 1 is 1.12 bits per heavy atom. The number of β-amino-alcohol motifs (C(OH)–C–C–N with tert-alkyl or cyclic N) is 1. The lowest BCUT2D eigenvalue weighted by Gasteiger charge is -2.35. The van der Waals surface area contributed by atoms with E-state index in [-0.39, 0.29) is 6.10 Å². The summed E-state index contributed by atoms with van der Waals surface area (Å²) < 4.78 is 0. The third-order valence-corrected chi connectivity index (χ3v) is 7.16. The van der Waals surface area contributed by atoms with E-state index >= 15 is 0 Å². The second-order valence-corrected chi connectivity index (χ2v) is 8.93. The van der Waals surface area contributed by atoms with Gasteiger partial charge in [-0.2, -0.15) is 0 Å². The highest BCUT2D eigenvalue weighted by molar-refractivity contribution is 7.19. The van der Waals surface area contributed by atoms with Crippen molar-refractivity contribution in [3.05, 3.63) is 16.3 Å². The van der Waals surface area contributed by atoms with E-state index in [4.69, 9.17) is 9.97 Å². The van der Waals surface area contributed by atoms with Gasteiger partial charge in [0.05, 0.1) is 11.5 Å². The van der Waals surface area contributed by atoms with Crippen LogP contribution in [0.5, 0.6) is 0 Å². The summed E-state index contributed by atoms with van der Waals surface area (Å²) >= 11 is 1.90. The molecule has 0 aromatic carbocycles. The lowest BCUT2D eigenvalue weighted by molar-refractivity contribution is 0.102. The summed E-state index contributed by atoms with van der Waals surface area (Å²) in [5, 5.41) is 11.7. The largest absolute Gasteiger partial charge is 0.391 e. The average Bonchev–Trinajstić information content (AvgIpc) is 3.37. The van der Waals surface area contributed by atoms with Gasteiger partial charge in [-0.1, -0.05) is 6.92 Å². The van der Waals surface area contributed by atoms with Crippen LogP contribution in [-0.2, 0) is 12.8 Å². The summed E-state index contributed by atoms with van der Waals surface area (Å²) in [4.78, 5) is 15.1. The number of hydrogen-bond donors (Lipinski definition) is 1. The normalized spacial score (nSPS) is 27.5. The summed E-state index contributed by atoms with van der Waals surface area (Å²) in [6.07, 6.45) is 8.21. The fraction of sp³-hybridized carbons (Fsp3) is 0.684. The first-order valence-electron chi connectivity index (χ1n) is 9.46. The minimum Gasteiger partial charge on any atom is -0.391 e. The molecule has 2 aliphatic carbocycles. The second kappa shape index (κ2) is 5.67. The molecule has 5 rings (SSSR count). The van der Waals surface area contributed by atoms with Gasteiger partial charge in [0.2, 0.25) is 0 Å². The fourth-order valence-electron chi connectivity index (χ4n) is 4.15. The highest BCUT2D eigenvalue weighted by Gasteiger charge is 2.32. The molecule has 3 aliphatic rings. The minimum atomic E-state index is -0.248. The molecule has 1 saturated heterocycles. The van der Waals surface area contributed by atoms with Gasteiger partial charge in [0, 0.05) is 23.9 Å². The van der Waals surface area contributed by atoms with Crippen molar-refractivity contribution < 1.29 is 5.11 Å². The van der Waals surface area contributed by atoms with Gasteiger partial charge < -0.3 is 10.0 Å². The number of hydrogen-bond acceptors (Lipinski definition) is 5. The second-order valence-electron chi connectivity index (χ2n) is 7.85. The Hall–Kier alpha value is -1.20. The zero-order chi connectivity index (χ0) is 16.3. The lowest BCUT2D eigenvalue weighted by Crippen LogP contribution is -2.43. The standard InChI is InChI=1S/C19H25N3OS/c1-11-8-9-22(10-14(11)23)18-16-13-4-2-3-5-15(13)24-19(16)21-17(20-18)12-6-7-12/h11-12,14,23H,2-10H2,1H3. The molecule has 2 atom stereocenters. The number of piperidine rings is 1. The van der Waals surface area contributed by atoms with Crippen LogP contribution in [0.25, 0.3) is 10.2 Å². The smallest absolute Gasteiger partial charge is 0.141 e. The van der Waals surface area contributed by atoms with Crippen LogP contribution in [0.4, 0.5) is 5.82 Å². The Labute approximate surface area is 146 Å². The van der Waals surface area contributed by atoms with Crippen molar-refractivity contribution in [1.29, 1.82) is 0 Å².